The number of carbonyl (C=O) groups excluding carboxylic acids is 2. The van der Waals surface area contributed by atoms with Crippen molar-refractivity contribution in [2.24, 2.45) is 11.8 Å². The van der Waals surface area contributed by atoms with Gasteiger partial charge in [-0.2, -0.15) is 0 Å². The Bertz CT molecular complexity index is 915. The quantitative estimate of drug-likeness (QED) is 0.484. The summed E-state index contributed by atoms with van der Waals surface area (Å²) in [6, 6.07) is 8.01. The largest absolute Gasteiger partial charge is 0.504 e. The van der Waals surface area contributed by atoms with E-state index in [-0.39, 0.29) is 24.0 Å². The Morgan fingerprint density at radius 3 is 2.76 bits per heavy atom. The molecule has 0 aliphatic carbocycles. The molecule has 6 nitrogen and oxygen atoms in total. The lowest BCUT2D eigenvalue weighted by molar-refractivity contribution is -0.137. The van der Waals surface area contributed by atoms with Crippen LogP contribution < -0.4 is 0 Å². The van der Waals surface area contributed by atoms with Crippen LogP contribution in [0.2, 0.25) is 0 Å². The average molecular weight is 399 g/mol. The number of Topliss-reactive ketones (excluding diaryl/α,β-unsaturated/α-hetero) is 1. The van der Waals surface area contributed by atoms with Crippen LogP contribution in [-0.4, -0.2) is 56.0 Å². The van der Waals surface area contributed by atoms with E-state index in [0.29, 0.717) is 11.3 Å². The van der Waals surface area contributed by atoms with Gasteiger partial charge in [-0.15, -0.1) is 0 Å². The van der Waals surface area contributed by atoms with Crippen LogP contribution in [0.5, 0.6) is 0 Å². The maximum absolute atomic E-state index is 13.4. The van der Waals surface area contributed by atoms with Crippen LogP contribution in [-0.2, 0) is 20.7 Å². The number of likely N-dealkylation sites (N-methyl/N-ethyl adjacent to an activating group) is 1. The van der Waals surface area contributed by atoms with Crippen LogP contribution in [0.25, 0.3) is 10.9 Å². The molecule has 0 fully saturated rings. The second-order valence-electron chi connectivity index (χ2n) is 7.74. The fourth-order valence-corrected chi connectivity index (χ4v) is 4.40. The van der Waals surface area contributed by atoms with Crippen LogP contribution in [0.15, 0.2) is 36.1 Å². The number of ketones is 1. The monoisotopic (exact) mass is 398 g/mol. The molecule has 29 heavy (non-hydrogen) atoms. The van der Waals surface area contributed by atoms with Gasteiger partial charge in [0.1, 0.15) is 0 Å². The molecule has 2 atom stereocenters. The van der Waals surface area contributed by atoms with E-state index in [0.717, 1.165) is 42.4 Å². The second-order valence-corrected chi connectivity index (χ2v) is 7.74. The summed E-state index contributed by atoms with van der Waals surface area (Å²) in [6.07, 6.45) is 3.32. The lowest BCUT2D eigenvalue weighted by Gasteiger charge is -2.31. The lowest BCUT2D eigenvalue weighted by atomic mass is 9.79. The molecule has 1 aliphatic rings. The van der Waals surface area contributed by atoms with Crippen molar-refractivity contribution in [2.45, 2.75) is 26.2 Å². The summed E-state index contributed by atoms with van der Waals surface area (Å²) in [7, 11) is 4.96. The number of esters is 1. The molecular formula is C23H30N2O4. The van der Waals surface area contributed by atoms with Crippen LogP contribution in [0.1, 0.15) is 35.8 Å². The lowest BCUT2D eigenvalue weighted by Crippen LogP contribution is -2.35. The zero-order valence-corrected chi connectivity index (χ0v) is 17.7. The molecule has 1 aromatic heterocycles. The highest BCUT2D eigenvalue weighted by molar-refractivity contribution is 6.03. The van der Waals surface area contributed by atoms with Crippen molar-refractivity contribution in [3.63, 3.8) is 0 Å². The van der Waals surface area contributed by atoms with Crippen molar-refractivity contribution in [3.05, 3.63) is 47.4 Å². The molecule has 1 aliphatic heterocycles. The first-order chi connectivity index (χ1) is 14.0. The molecule has 3 rings (SSSR count). The van der Waals surface area contributed by atoms with E-state index >= 15 is 0 Å². The van der Waals surface area contributed by atoms with Gasteiger partial charge >= 0.3 is 5.97 Å². The summed E-state index contributed by atoms with van der Waals surface area (Å²) in [5.74, 6) is -0.565. The maximum Gasteiger partial charge on any atom is 0.337 e. The average Bonchev–Trinajstić information content (AvgIpc) is 3.11. The predicted octanol–water partition coefficient (Wildman–Crippen LogP) is 3.57. The Labute approximate surface area is 171 Å². The molecule has 0 radical (unpaired) electrons. The van der Waals surface area contributed by atoms with Crippen molar-refractivity contribution in [2.75, 3.05) is 34.4 Å². The molecule has 156 valence electrons. The van der Waals surface area contributed by atoms with E-state index in [9.17, 15) is 9.59 Å². The number of hydrogen-bond acceptors (Lipinski definition) is 5. The summed E-state index contributed by atoms with van der Waals surface area (Å²) in [5, 5.41) is 1.09. The first-order valence-electron chi connectivity index (χ1n) is 10.1. The first kappa shape index (κ1) is 21.1. The van der Waals surface area contributed by atoms with E-state index in [1.165, 1.54) is 20.5 Å². The van der Waals surface area contributed by atoms with Crippen molar-refractivity contribution < 1.29 is 19.1 Å². The number of aromatic nitrogens is 1. The number of rotatable bonds is 4. The fourth-order valence-electron chi connectivity index (χ4n) is 4.40. The van der Waals surface area contributed by atoms with Gasteiger partial charge in [0.25, 0.3) is 0 Å². The highest BCUT2D eigenvalue weighted by Crippen LogP contribution is 2.33. The fraction of sp³-hybridized carbons (Fsp3) is 0.478. The van der Waals surface area contributed by atoms with Gasteiger partial charge in [-0.25, -0.2) is 4.79 Å². The van der Waals surface area contributed by atoms with Crippen molar-refractivity contribution in [3.8, 4) is 0 Å². The van der Waals surface area contributed by atoms with Crippen molar-refractivity contribution in [1.29, 1.82) is 0 Å². The standard InChI is InChI=1S/C23H30N2O4/c1-5-15-13-25(2)11-10-17-16-8-6-7-9-20(16)24-22(17)21(26)12-18(15)19(14-28-3)23(27)29-4/h6-9,14-15,18,24H,5,10-13H2,1-4H3/b19-14-. The summed E-state index contributed by atoms with van der Waals surface area (Å²) in [5.41, 5.74) is 3.10. The third-order valence-electron chi connectivity index (χ3n) is 5.95. The molecule has 1 N–H and O–H groups in total. The number of carbonyl (C=O) groups is 2. The molecule has 2 aromatic rings. The molecule has 0 bridgehead atoms. The molecule has 0 spiro atoms. The summed E-state index contributed by atoms with van der Waals surface area (Å²) in [6.45, 7) is 3.73. The zero-order chi connectivity index (χ0) is 21.0. The number of H-pyrrole nitrogens is 1. The van der Waals surface area contributed by atoms with Crippen LogP contribution in [0, 0.1) is 11.8 Å². The van der Waals surface area contributed by atoms with Crippen LogP contribution >= 0.6 is 0 Å². The summed E-state index contributed by atoms with van der Waals surface area (Å²) in [4.78, 5) is 31.5. The number of nitrogens with zero attached hydrogens (tertiary/aromatic N) is 1. The van der Waals surface area contributed by atoms with Crippen LogP contribution in [0.4, 0.5) is 0 Å². The topological polar surface area (TPSA) is 71.6 Å². The minimum Gasteiger partial charge on any atom is -0.504 e. The van der Waals surface area contributed by atoms with Gasteiger partial charge in [0, 0.05) is 36.3 Å². The number of para-hydroxylation sites is 1. The van der Waals surface area contributed by atoms with Gasteiger partial charge in [-0.1, -0.05) is 31.5 Å². The normalized spacial score (nSPS) is 21.7. The Hall–Kier alpha value is -2.60. The number of hydrogen-bond donors (Lipinski definition) is 1. The number of aromatic amines is 1. The Morgan fingerprint density at radius 1 is 1.31 bits per heavy atom. The van der Waals surface area contributed by atoms with Gasteiger partial charge in [0.05, 0.1) is 31.7 Å². The molecule has 2 heterocycles. The molecular weight excluding hydrogens is 368 g/mol. The van der Waals surface area contributed by atoms with Crippen LogP contribution in [0.3, 0.4) is 0 Å². The minimum absolute atomic E-state index is 0.0232. The molecule has 1 aromatic carbocycles. The smallest absolute Gasteiger partial charge is 0.337 e. The first-order valence-corrected chi connectivity index (χ1v) is 10.1. The predicted molar refractivity (Wildman–Crippen MR) is 113 cm³/mol. The second kappa shape index (κ2) is 9.27. The zero-order valence-electron chi connectivity index (χ0n) is 17.7. The van der Waals surface area contributed by atoms with E-state index in [2.05, 4.69) is 29.9 Å². The van der Waals surface area contributed by atoms with Gasteiger partial charge in [0.15, 0.2) is 5.78 Å². The number of ether oxygens (including phenoxy) is 2. The van der Waals surface area contributed by atoms with Crippen molar-refractivity contribution >= 4 is 22.7 Å². The van der Waals surface area contributed by atoms with E-state index in [1.807, 2.05) is 18.2 Å². The third-order valence-corrected chi connectivity index (χ3v) is 5.95. The van der Waals surface area contributed by atoms with Gasteiger partial charge in [-0.05, 0) is 31.0 Å². The van der Waals surface area contributed by atoms with Crippen molar-refractivity contribution in [1.82, 2.24) is 9.88 Å². The van der Waals surface area contributed by atoms with E-state index < -0.39 is 5.97 Å². The summed E-state index contributed by atoms with van der Waals surface area (Å²) >= 11 is 0. The molecule has 6 heteroatoms. The maximum atomic E-state index is 13.4. The number of fused-ring (bicyclic) bond motifs is 3. The Morgan fingerprint density at radius 2 is 2.07 bits per heavy atom. The molecule has 2 unspecified atom stereocenters. The number of methoxy groups -OCH3 is 2. The molecule has 0 amide bonds. The van der Waals surface area contributed by atoms with Gasteiger partial charge in [0.2, 0.25) is 0 Å². The SMILES string of the molecule is CCC1CN(C)CCc2c([nH]c3ccccc23)C(=O)CC1/C(=C/OC)C(=O)OC. The van der Waals surface area contributed by atoms with Gasteiger partial charge < -0.3 is 19.4 Å². The highest BCUT2D eigenvalue weighted by Gasteiger charge is 2.34. The minimum atomic E-state index is -0.445. The third kappa shape index (κ3) is 4.37. The Kier molecular flexibility index (Phi) is 6.75. The van der Waals surface area contributed by atoms with E-state index in [1.54, 1.807) is 0 Å². The molecule has 0 saturated carbocycles. The van der Waals surface area contributed by atoms with Gasteiger partial charge in [-0.3, -0.25) is 4.79 Å². The number of benzene rings is 1. The van der Waals surface area contributed by atoms with E-state index in [4.69, 9.17) is 9.47 Å². The number of nitrogens with one attached hydrogen (secondary N) is 1. The highest BCUT2D eigenvalue weighted by atomic mass is 16.5. The Balaban J connectivity index is 2.09. The molecule has 0 saturated heterocycles. The summed E-state index contributed by atoms with van der Waals surface area (Å²) < 4.78 is 10.2.